The summed E-state index contributed by atoms with van der Waals surface area (Å²) in [6.07, 6.45) is 0.661. The molecule has 122 valence electrons. The summed E-state index contributed by atoms with van der Waals surface area (Å²) in [5.41, 5.74) is 0. The second-order valence-electron chi connectivity index (χ2n) is 4.49. The third-order valence-electron chi connectivity index (χ3n) is 2.88. The Bertz CT molecular complexity index is 502. The third kappa shape index (κ3) is 5.65. The first-order chi connectivity index (χ1) is 10.1. The summed E-state index contributed by atoms with van der Waals surface area (Å²) in [6.45, 7) is 2.36. The van der Waals surface area contributed by atoms with Gasteiger partial charge in [0.2, 0.25) is 0 Å². The Kier molecular flexibility index (Phi) is 8.38. The van der Waals surface area contributed by atoms with Crippen LogP contribution in [0.1, 0.15) is 11.3 Å². The van der Waals surface area contributed by atoms with Crippen molar-refractivity contribution in [1.29, 1.82) is 0 Å². The van der Waals surface area contributed by atoms with Crippen molar-refractivity contribution in [2.45, 2.75) is 17.2 Å². The minimum absolute atomic E-state index is 0.349. The van der Waals surface area contributed by atoms with Gasteiger partial charge in [0.1, 0.15) is 4.21 Å². The van der Waals surface area contributed by atoms with Crippen LogP contribution in [0.4, 0.5) is 0 Å². The minimum atomic E-state index is -3.46. The summed E-state index contributed by atoms with van der Waals surface area (Å²) in [6, 6.07) is 3.51. The average Bonchev–Trinajstić information content (AvgIpc) is 2.92. The fourth-order valence-corrected chi connectivity index (χ4v) is 4.81. The van der Waals surface area contributed by atoms with E-state index in [9.17, 15) is 8.42 Å². The highest BCUT2D eigenvalue weighted by molar-refractivity contribution is 7.91. The first-order valence-corrected chi connectivity index (χ1v) is 9.03. The van der Waals surface area contributed by atoms with E-state index in [-0.39, 0.29) is 0 Å². The van der Waals surface area contributed by atoms with E-state index in [1.54, 1.807) is 20.3 Å². The van der Waals surface area contributed by atoms with Crippen molar-refractivity contribution < 1.29 is 17.9 Å². The molecular formula is C13H24N2O4S2. The molecule has 0 aromatic carbocycles. The van der Waals surface area contributed by atoms with Gasteiger partial charge in [0, 0.05) is 45.3 Å². The molecule has 0 aliphatic heterocycles. The predicted molar refractivity (Wildman–Crippen MR) is 84.2 cm³/mol. The van der Waals surface area contributed by atoms with Crippen molar-refractivity contribution in [3.05, 3.63) is 17.0 Å². The summed E-state index contributed by atoms with van der Waals surface area (Å²) in [5, 5.41) is 3.02. The number of hydrogen-bond acceptors (Lipinski definition) is 6. The summed E-state index contributed by atoms with van der Waals surface area (Å²) in [5.74, 6) is 0. The maximum atomic E-state index is 12.7. The zero-order chi connectivity index (χ0) is 15.7. The molecule has 1 N–H and O–H groups in total. The van der Waals surface area contributed by atoms with Gasteiger partial charge in [-0.05, 0) is 25.6 Å². The zero-order valence-corrected chi connectivity index (χ0v) is 14.4. The van der Waals surface area contributed by atoms with Gasteiger partial charge in [0.05, 0.1) is 6.61 Å². The van der Waals surface area contributed by atoms with E-state index in [1.807, 2.05) is 13.1 Å². The summed E-state index contributed by atoms with van der Waals surface area (Å²) in [7, 11) is 1.55. The number of ether oxygens (including phenoxy) is 2. The van der Waals surface area contributed by atoms with Gasteiger partial charge in [-0.25, -0.2) is 8.42 Å². The van der Waals surface area contributed by atoms with Crippen molar-refractivity contribution >= 4 is 21.4 Å². The van der Waals surface area contributed by atoms with E-state index in [0.29, 0.717) is 43.5 Å². The van der Waals surface area contributed by atoms with Gasteiger partial charge >= 0.3 is 0 Å². The van der Waals surface area contributed by atoms with Crippen LogP contribution < -0.4 is 5.32 Å². The van der Waals surface area contributed by atoms with Gasteiger partial charge in [0.15, 0.2) is 0 Å². The summed E-state index contributed by atoms with van der Waals surface area (Å²) < 4.78 is 37.2. The Labute approximate surface area is 131 Å². The Morgan fingerprint density at radius 1 is 1.19 bits per heavy atom. The zero-order valence-electron chi connectivity index (χ0n) is 12.8. The van der Waals surface area contributed by atoms with Gasteiger partial charge in [-0.1, -0.05) is 0 Å². The number of rotatable bonds is 11. The standard InChI is InChI=1S/C13H24N2O4S2/c1-14-11-12-5-6-13(20-12)21(16,17)15(8-10-19-3)7-4-9-18-2/h5-6,14H,4,7-11H2,1-3H3. The van der Waals surface area contributed by atoms with Crippen LogP contribution in [0.2, 0.25) is 0 Å². The molecule has 1 rings (SSSR count). The van der Waals surface area contributed by atoms with Crippen molar-refractivity contribution in [2.24, 2.45) is 0 Å². The van der Waals surface area contributed by atoms with Crippen LogP contribution in [0.25, 0.3) is 0 Å². The first kappa shape index (κ1) is 18.5. The van der Waals surface area contributed by atoms with E-state index >= 15 is 0 Å². The molecule has 1 aromatic heterocycles. The number of sulfonamides is 1. The molecule has 0 unspecified atom stereocenters. The average molecular weight is 336 g/mol. The van der Waals surface area contributed by atoms with Gasteiger partial charge in [-0.15, -0.1) is 11.3 Å². The van der Waals surface area contributed by atoms with Crippen LogP contribution in [-0.2, 0) is 26.0 Å². The Morgan fingerprint density at radius 2 is 1.90 bits per heavy atom. The van der Waals surface area contributed by atoms with Gasteiger partial charge < -0.3 is 14.8 Å². The molecule has 0 aliphatic rings. The van der Waals surface area contributed by atoms with E-state index in [1.165, 1.54) is 15.6 Å². The number of thiophene rings is 1. The molecule has 0 spiro atoms. The molecule has 6 nitrogen and oxygen atoms in total. The van der Waals surface area contributed by atoms with Gasteiger partial charge in [-0.2, -0.15) is 4.31 Å². The smallest absolute Gasteiger partial charge is 0.252 e. The maximum Gasteiger partial charge on any atom is 0.252 e. The SMILES string of the molecule is CNCc1ccc(S(=O)(=O)N(CCCOC)CCOC)s1. The normalized spacial score (nSPS) is 12.2. The fraction of sp³-hybridized carbons (Fsp3) is 0.692. The highest BCUT2D eigenvalue weighted by Crippen LogP contribution is 2.25. The Balaban J connectivity index is 2.84. The van der Waals surface area contributed by atoms with Crippen LogP contribution in [0, 0.1) is 0 Å². The minimum Gasteiger partial charge on any atom is -0.385 e. The molecule has 0 fully saturated rings. The molecule has 1 aromatic rings. The topological polar surface area (TPSA) is 67.9 Å². The number of methoxy groups -OCH3 is 2. The van der Waals surface area contributed by atoms with E-state index in [4.69, 9.17) is 9.47 Å². The lowest BCUT2D eigenvalue weighted by Crippen LogP contribution is -2.34. The van der Waals surface area contributed by atoms with Crippen LogP contribution >= 0.6 is 11.3 Å². The van der Waals surface area contributed by atoms with Crippen LogP contribution in [0.5, 0.6) is 0 Å². The Hall–Kier alpha value is -0.510. The molecule has 0 atom stereocenters. The summed E-state index contributed by atoms with van der Waals surface area (Å²) >= 11 is 1.30. The predicted octanol–water partition coefficient (Wildman–Crippen LogP) is 1.14. The molecule has 0 radical (unpaired) electrons. The van der Waals surface area contributed by atoms with E-state index in [2.05, 4.69) is 5.32 Å². The van der Waals surface area contributed by atoms with E-state index in [0.717, 1.165) is 4.88 Å². The van der Waals surface area contributed by atoms with Gasteiger partial charge in [0.25, 0.3) is 10.0 Å². The molecule has 0 aliphatic carbocycles. The van der Waals surface area contributed by atoms with Crippen LogP contribution in [0.15, 0.2) is 16.3 Å². The Morgan fingerprint density at radius 3 is 2.52 bits per heavy atom. The quantitative estimate of drug-likeness (QED) is 0.614. The highest BCUT2D eigenvalue weighted by Gasteiger charge is 2.25. The third-order valence-corrected chi connectivity index (χ3v) is 6.33. The number of nitrogens with one attached hydrogen (secondary N) is 1. The summed E-state index contributed by atoms with van der Waals surface area (Å²) in [4.78, 5) is 1.000. The lowest BCUT2D eigenvalue weighted by atomic mass is 10.4. The second-order valence-corrected chi connectivity index (χ2v) is 7.83. The van der Waals surface area contributed by atoms with Crippen molar-refractivity contribution in [3.8, 4) is 0 Å². The van der Waals surface area contributed by atoms with Crippen molar-refractivity contribution in [3.63, 3.8) is 0 Å². The lowest BCUT2D eigenvalue weighted by Gasteiger charge is -2.20. The van der Waals surface area contributed by atoms with E-state index < -0.39 is 10.0 Å². The second kappa shape index (κ2) is 9.50. The highest BCUT2D eigenvalue weighted by atomic mass is 32.2. The van der Waals surface area contributed by atoms with Crippen molar-refractivity contribution in [1.82, 2.24) is 9.62 Å². The molecule has 8 heteroatoms. The number of hydrogen-bond donors (Lipinski definition) is 1. The monoisotopic (exact) mass is 336 g/mol. The maximum absolute atomic E-state index is 12.7. The molecule has 1 heterocycles. The molecule has 21 heavy (non-hydrogen) atoms. The lowest BCUT2D eigenvalue weighted by molar-refractivity contribution is 0.164. The fourth-order valence-electron chi connectivity index (χ4n) is 1.82. The van der Waals surface area contributed by atoms with Crippen LogP contribution in [-0.4, -0.2) is 60.3 Å². The largest absolute Gasteiger partial charge is 0.385 e. The van der Waals surface area contributed by atoms with Crippen molar-refractivity contribution in [2.75, 3.05) is 47.6 Å². The molecular weight excluding hydrogens is 312 g/mol. The molecule has 0 saturated heterocycles. The first-order valence-electron chi connectivity index (χ1n) is 6.77. The molecule has 0 bridgehead atoms. The van der Waals surface area contributed by atoms with Gasteiger partial charge in [-0.3, -0.25) is 0 Å². The van der Waals surface area contributed by atoms with Crippen LogP contribution in [0.3, 0.4) is 0 Å². The molecule has 0 amide bonds. The molecule has 0 saturated carbocycles. The number of nitrogens with zero attached hydrogens (tertiary/aromatic N) is 1.